The number of nitrogens with zero attached hydrogens (tertiary/aromatic N) is 1. The Bertz CT molecular complexity index is 494. The molecule has 0 atom stereocenters. The second kappa shape index (κ2) is 4.45. The first-order valence-corrected chi connectivity index (χ1v) is 5.06. The molecule has 0 radical (unpaired) electrons. The van der Waals surface area contributed by atoms with Gasteiger partial charge in [0.05, 0.1) is 5.56 Å². The fraction of sp³-hybridized carbons (Fsp3) is 0.250. The van der Waals surface area contributed by atoms with Crippen LogP contribution in [0.15, 0.2) is 29.0 Å². The summed E-state index contributed by atoms with van der Waals surface area (Å²) in [5.41, 5.74) is 1.78. The van der Waals surface area contributed by atoms with Gasteiger partial charge >= 0.3 is 0 Å². The van der Waals surface area contributed by atoms with Gasteiger partial charge < -0.3 is 9.73 Å². The first-order chi connectivity index (χ1) is 7.74. The van der Waals surface area contributed by atoms with Crippen LogP contribution in [0.3, 0.4) is 0 Å². The molecule has 0 saturated heterocycles. The van der Waals surface area contributed by atoms with E-state index < -0.39 is 0 Å². The van der Waals surface area contributed by atoms with Gasteiger partial charge in [0, 0.05) is 6.54 Å². The number of aryl methyl sites for hydroxylation is 1. The van der Waals surface area contributed by atoms with Crippen LogP contribution in [-0.4, -0.2) is 12.0 Å². The zero-order valence-corrected chi connectivity index (χ0v) is 9.25. The van der Waals surface area contributed by atoms with E-state index in [-0.39, 0.29) is 5.82 Å². The van der Waals surface area contributed by atoms with Crippen molar-refractivity contribution >= 4 is 0 Å². The third-order valence-corrected chi connectivity index (χ3v) is 2.42. The first kappa shape index (κ1) is 10.8. The molecule has 0 spiro atoms. The van der Waals surface area contributed by atoms with Gasteiger partial charge in [-0.25, -0.2) is 9.37 Å². The van der Waals surface area contributed by atoms with Gasteiger partial charge in [-0.2, -0.15) is 0 Å². The zero-order chi connectivity index (χ0) is 11.5. The number of benzene rings is 1. The summed E-state index contributed by atoms with van der Waals surface area (Å²) in [6.45, 7) is 2.28. The van der Waals surface area contributed by atoms with E-state index in [1.807, 2.05) is 7.05 Å². The van der Waals surface area contributed by atoms with Crippen molar-refractivity contribution in [3.05, 3.63) is 41.7 Å². The van der Waals surface area contributed by atoms with Crippen LogP contribution in [0.2, 0.25) is 0 Å². The van der Waals surface area contributed by atoms with Gasteiger partial charge in [0.1, 0.15) is 11.5 Å². The number of halogens is 1. The van der Waals surface area contributed by atoms with Crippen molar-refractivity contribution in [2.75, 3.05) is 7.05 Å². The number of rotatable bonds is 3. The van der Waals surface area contributed by atoms with Crippen LogP contribution < -0.4 is 5.32 Å². The molecule has 16 heavy (non-hydrogen) atoms. The minimum absolute atomic E-state index is 0.253. The molecule has 2 aromatic rings. The maximum absolute atomic E-state index is 13.9. The molecule has 0 bridgehead atoms. The largest absolute Gasteiger partial charge is 0.443 e. The molecule has 1 aromatic heterocycles. The molecule has 2 rings (SSSR count). The van der Waals surface area contributed by atoms with Crippen LogP contribution in [0.1, 0.15) is 11.3 Å². The predicted molar refractivity (Wildman–Crippen MR) is 59.4 cm³/mol. The van der Waals surface area contributed by atoms with Gasteiger partial charge in [0.25, 0.3) is 0 Å². The summed E-state index contributed by atoms with van der Waals surface area (Å²) in [7, 11) is 1.81. The van der Waals surface area contributed by atoms with E-state index in [1.165, 1.54) is 6.39 Å². The highest BCUT2D eigenvalue weighted by atomic mass is 19.1. The van der Waals surface area contributed by atoms with Crippen LogP contribution >= 0.6 is 0 Å². The third-order valence-electron chi connectivity index (χ3n) is 2.42. The van der Waals surface area contributed by atoms with Crippen molar-refractivity contribution in [1.82, 2.24) is 10.3 Å². The smallest absolute Gasteiger partial charge is 0.181 e. The Morgan fingerprint density at radius 3 is 3.00 bits per heavy atom. The van der Waals surface area contributed by atoms with Crippen molar-refractivity contribution < 1.29 is 8.81 Å². The van der Waals surface area contributed by atoms with Crippen molar-refractivity contribution in [3.8, 4) is 11.3 Å². The SMILES string of the molecule is CNCc1ncoc1-c1cccc(C)c1F. The maximum Gasteiger partial charge on any atom is 0.181 e. The molecule has 0 unspecified atom stereocenters. The normalized spacial score (nSPS) is 10.7. The monoisotopic (exact) mass is 220 g/mol. The lowest BCUT2D eigenvalue weighted by Gasteiger charge is -2.04. The van der Waals surface area contributed by atoms with E-state index in [0.29, 0.717) is 29.1 Å². The van der Waals surface area contributed by atoms with Crippen molar-refractivity contribution in [2.24, 2.45) is 0 Å². The lowest BCUT2D eigenvalue weighted by Crippen LogP contribution is -2.06. The Morgan fingerprint density at radius 2 is 2.25 bits per heavy atom. The third kappa shape index (κ3) is 1.84. The first-order valence-electron chi connectivity index (χ1n) is 5.06. The lowest BCUT2D eigenvalue weighted by molar-refractivity contribution is 0.558. The summed E-state index contributed by atoms with van der Waals surface area (Å²) < 4.78 is 19.1. The highest BCUT2D eigenvalue weighted by Crippen LogP contribution is 2.27. The Morgan fingerprint density at radius 1 is 1.44 bits per heavy atom. The quantitative estimate of drug-likeness (QED) is 0.863. The molecular formula is C12H13FN2O. The highest BCUT2D eigenvalue weighted by Gasteiger charge is 2.15. The minimum atomic E-state index is -0.253. The summed E-state index contributed by atoms with van der Waals surface area (Å²) in [6.07, 6.45) is 1.34. The summed E-state index contributed by atoms with van der Waals surface area (Å²) >= 11 is 0. The Kier molecular flexibility index (Phi) is 3.01. The number of hydrogen-bond donors (Lipinski definition) is 1. The molecule has 1 heterocycles. The average Bonchev–Trinajstić information content (AvgIpc) is 2.71. The van der Waals surface area contributed by atoms with Gasteiger partial charge in [0.15, 0.2) is 12.2 Å². The van der Waals surface area contributed by atoms with E-state index >= 15 is 0 Å². The van der Waals surface area contributed by atoms with Gasteiger partial charge in [-0.1, -0.05) is 12.1 Å². The molecule has 1 N–H and O–H groups in total. The molecule has 0 amide bonds. The summed E-state index contributed by atoms with van der Waals surface area (Å²) in [5, 5.41) is 2.97. The molecule has 0 saturated carbocycles. The molecule has 3 nitrogen and oxygen atoms in total. The second-order valence-electron chi connectivity index (χ2n) is 3.59. The molecule has 0 aliphatic carbocycles. The van der Waals surface area contributed by atoms with Crippen molar-refractivity contribution in [1.29, 1.82) is 0 Å². The standard InChI is InChI=1S/C12H13FN2O/c1-8-4-3-5-9(11(8)13)12-10(6-14-2)15-7-16-12/h3-5,7,14H,6H2,1-2H3. The fourth-order valence-electron chi connectivity index (χ4n) is 1.60. The second-order valence-corrected chi connectivity index (χ2v) is 3.59. The molecule has 4 heteroatoms. The van der Waals surface area contributed by atoms with Crippen molar-refractivity contribution in [3.63, 3.8) is 0 Å². The summed E-state index contributed by atoms with van der Waals surface area (Å²) in [4.78, 5) is 4.06. The van der Waals surface area contributed by atoms with E-state index in [9.17, 15) is 4.39 Å². The molecule has 0 aliphatic heterocycles. The van der Waals surface area contributed by atoms with E-state index in [2.05, 4.69) is 10.3 Å². The zero-order valence-electron chi connectivity index (χ0n) is 9.25. The van der Waals surface area contributed by atoms with Crippen LogP contribution in [0.4, 0.5) is 4.39 Å². The number of hydrogen-bond acceptors (Lipinski definition) is 3. The molecule has 0 fully saturated rings. The lowest BCUT2D eigenvalue weighted by atomic mass is 10.1. The Hall–Kier alpha value is -1.68. The van der Waals surface area contributed by atoms with Gasteiger partial charge in [-0.05, 0) is 25.6 Å². The minimum Gasteiger partial charge on any atom is -0.443 e. The fourth-order valence-corrected chi connectivity index (χ4v) is 1.60. The van der Waals surface area contributed by atoms with Crippen molar-refractivity contribution in [2.45, 2.75) is 13.5 Å². The Labute approximate surface area is 93.3 Å². The predicted octanol–water partition coefficient (Wildman–Crippen LogP) is 2.51. The van der Waals surface area contributed by atoms with Crippen LogP contribution in [-0.2, 0) is 6.54 Å². The van der Waals surface area contributed by atoms with Crippen LogP contribution in [0.5, 0.6) is 0 Å². The molecule has 84 valence electrons. The van der Waals surface area contributed by atoms with Gasteiger partial charge in [-0.15, -0.1) is 0 Å². The molecular weight excluding hydrogens is 207 g/mol. The van der Waals surface area contributed by atoms with Gasteiger partial charge in [0.2, 0.25) is 0 Å². The van der Waals surface area contributed by atoms with E-state index in [0.717, 1.165) is 0 Å². The summed E-state index contributed by atoms with van der Waals surface area (Å²) in [5.74, 6) is 0.243. The molecule has 1 aromatic carbocycles. The topological polar surface area (TPSA) is 38.1 Å². The number of nitrogens with one attached hydrogen (secondary N) is 1. The summed E-state index contributed by atoms with van der Waals surface area (Å²) in [6, 6.07) is 5.23. The number of oxazole rings is 1. The van der Waals surface area contributed by atoms with E-state index in [1.54, 1.807) is 25.1 Å². The highest BCUT2D eigenvalue weighted by molar-refractivity contribution is 5.61. The van der Waals surface area contributed by atoms with E-state index in [4.69, 9.17) is 4.42 Å². The Balaban J connectivity index is 2.50. The molecule has 0 aliphatic rings. The maximum atomic E-state index is 13.9. The average molecular weight is 220 g/mol. The van der Waals surface area contributed by atoms with Crippen LogP contribution in [0.25, 0.3) is 11.3 Å². The van der Waals surface area contributed by atoms with Crippen LogP contribution in [0, 0.1) is 12.7 Å². The number of aromatic nitrogens is 1. The van der Waals surface area contributed by atoms with Gasteiger partial charge in [-0.3, -0.25) is 0 Å².